The smallest absolute Gasteiger partial charge is 0.341 e. The Morgan fingerprint density at radius 2 is 1.60 bits per heavy atom. The van der Waals surface area contributed by atoms with E-state index in [4.69, 9.17) is 14.6 Å². The number of aliphatic carboxylic acids is 1. The Labute approximate surface area is 206 Å². The van der Waals surface area contributed by atoms with Crippen LogP contribution >= 0.6 is 0 Å². The van der Waals surface area contributed by atoms with Crippen molar-refractivity contribution in [2.75, 3.05) is 39.9 Å². The van der Waals surface area contributed by atoms with E-state index in [1.165, 1.54) is 12.8 Å². The van der Waals surface area contributed by atoms with Crippen molar-refractivity contribution in [2.45, 2.75) is 44.3 Å². The topological polar surface area (TPSA) is 91.3 Å². The molecule has 8 heteroatoms. The Morgan fingerprint density at radius 1 is 0.971 bits per heavy atom. The summed E-state index contributed by atoms with van der Waals surface area (Å²) in [5, 5.41) is 12.2. The predicted molar refractivity (Wildman–Crippen MR) is 133 cm³/mol. The number of carboxylic acid groups (broad SMARTS) is 1. The van der Waals surface area contributed by atoms with E-state index in [0.29, 0.717) is 23.9 Å². The van der Waals surface area contributed by atoms with Gasteiger partial charge in [-0.15, -0.1) is 0 Å². The second kappa shape index (κ2) is 12.0. The van der Waals surface area contributed by atoms with Gasteiger partial charge in [0.15, 0.2) is 6.61 Å². The van der Waals surface area contributed by atoms with Gasteiger partial charge in [-0.05, 0) is 80.7 Å². The Morgan fingerprint density at radius 3 is 2.20 bits per heavy atom. The van der Waals surface area contributed by atoms with Crippen molar-refractivity contribution in [1.82, 2.24) is 15.1 Å². The van der Waals surface area contributed by atoms with Crippen molar-refractivity contribution < 1.29 is 24.2 Å². The minimum absolute atomic E-state index is 0.0223. The third-order valence-electron chi connectivity index (χ3n) is 7.00. The summed E-state index contributed by atoms with van der Waals surface area (Å²) in [7, 11) is 1.64. The van der Waals surface area contributed by atoms with Gasteiger partial charge in [0.2, 0.25) is 0 Å². The first-order valence-corrected chi connectivity index (χ1v) is 12.4. The highest BCUT2D eigenvalue weighted by molar-refractivity contribution is 5.94. The molecule has 4 rings (SSSR count). The van der Waals surface area contributed by atoms with Gasteiger partial charge in [0.05, 0.1) is 7.11 Å². The maximum atomic E-state index is 13.7. The lowest BCUT2D eigenvalue weighted by Gasteiger charge is -2.42. The standard InChI is InChI=1S/C27H35N3O5/c1-34-24-6-2-20(3-7-24)18-30(23-12-16-29(17-13-23)22-10-14-28-15-11-22)27(33)21-4-8-25(9-5-21)35-19-26(31)32/h2-9,22-23,28H,10-19H2,1H3,(H,31,32). The fraction of sp³-hybridized carbons (Fsp3) is 0.481. The molecule has 0 aromatic heterocycles. The van der Waals surface area contributed by atoms with Crippen molar-refractivity contribution in [1.29, 1.82) is 0 Å². The summed E-state index contributed by atoms with van der Waals surface area (Å²) in [4.78, 5) is 29.0. The summed E-state index contributed by atoms with van der Waals surface area (Å²) >= 11 is 0. The fourth-order valence-electron chi connectivity index (χ4n) is 5.03. The van der Waals surface area contributed by atoms with E-state index >= 15 is 0 Å². The summed E-state index contributed by atoms with van der Waals surface area (Å²) in [6.07, 6.45) is 4.28. The third-order valence-corrected chi connectivity index (χ3v) is 7.00. The number of carbonyl (C=O) groups is 2. The van der Waals surface area contributed by atoms with Crippen LogP contribution in [-0.2, 0) is 11.3 Å². The number of methoxy groups -OCH3 is 1. The molecule has 188 valence electrons. The molecule has 2 heterocycles. The molecule has 0 atom stereocenters. The number of benzene rings is 2. The fourth-order valence-corrected chi connectivity index (χ4v) is 5.03. The molecular formula is C27H35N3O5. The van der Waals surface area contributed by atoms with Crippen molar-refractivity contribution in [3.8, 4) is 11.5 Å². The number of nitrogens with one attached hydrogen (secondary N) is 1. The molecule has 2 aliphatic rings. The molecule has 8 nitrogen and oxygen atoms in total. The summed E-state index contributed by atoms with van der Waals surface area (Å²) in [5.74, 6) is 0.164. The molecule has 0 unspecified atom stereocenters. The number of hydrogen-bond donors (Lipinski definition) is 2. The van der Waals surface area contributed by atoms with Gasteiger partial charge in [0.1, 0.15) is 11.5 Å². The van der Waals surface area contributed by atoms with Gasteiger partial charge < -0.3 is 29.7 Å². The molecule has 35 heavy (non-hydrogen) atoms. The minimum Gasteiger partial charge on any atom is -0.497 e. The van der Waals surface area contributed by atoms with Gasteiger partial charge in [-0.2, -0.15) is 0 Å². The van der Waals surface area contributed by atoms with Crippen molar-refractivity contribution in [3.05, 3.63) is 59.7 Å². The lowest BCUT2D eigenvalue weighted by Crippen LogP contribution is -2.51. The number of likely N-dealkylation sites (tertiary alicyclic amines) is 1. The Kier molecular flexibility index (Phi) is 8.60. The molecule has 2 fully saturated rings. The van der Waals surface area contributed by atoms with Gasteiger partial charge in [0.25, 0.3) is 5.91 Å². The number of carboxylic acids is 1. The van der Waals surface area contributed by atoms with E-state index in [0.717, 1.165) is 50.3 Å². The Bertz CT molecular complexity index is 965. The molecule has 0 radical (unpaired) electrons. The molecule has 0 saturated carbocycles. The quantitative estimate of drug-likeness (QED) is 0.569. The highest BCUT2D eigenvalue weighted by Crippen LogP contribution is 2.26. The second-order valence-electron chi connectivity index (χ2n) is 9.24. The number of rotatable bonds is 9. The SMILES string of the molecule is COc1ccc(CN(C(=O)c2ccc(OCC(=O)O)cc2)C2CCN(C3CCNCC3)CC2)cc1. The lowest BCUT2D eigenvalue weighted by molar-refractivity contribution is -0.139. The van der Waals surface area contributed by atoms with Crippen LogP contribution < -0.4 is 14.8 Å². The van der Waals surface area contributed by atoms with E-state index in [1.807, 2.05) is 29.2 Å². The zero-order valence-electron chi connectivity index (χ0n) is 20.3. The monoisotopic (exact) mass is 481 g/mol. The molecule has 0 aliphatic carbocycles. The Hall–Kier alpha value is -3.10. The average Bonchev–Trinajstić information content (AvgIpc) is 2.91. The molecule has 2 aromatic rings. The van der Waals surface area contributed by atoms with Gasteiger partial charge >= 0.3 is 5.97 Å². The molecule has 0 spiro atoms. The molecule has 2 N–H and O–H groups in total. The number of nitrogens with zero attached hydrogens (tertiary/aromatic N) is 2. The average molecular weight is 482 g/mol. The van der Waals surface area contributed by atoms with Gasteiger partial charge in [0, 0.05) is 37.3 Å². The maximum absolute atomic E-state index is 13.7. The largest absolute Gasteiger partial charge is 0.497 e. The third kappa shape index (κ3) is 6.74. The van der Waals surface area contributed by atoms with Crippen LogP contribution in [0.1, 0.15) is 41.6 Å². The summed E-state index contributed by atoms with van der Waals surface area (Å²) in [5.41, 5.74) is 1.63. The molecule has 2 aliphatic heterocycles. The number of amides is 1. The number of hydrogen-bond acceptors (Lipinski definition) is 6. The highest BCUT2D eigenvalue weighted by atomic mass is 16.5. The van der Waals surface area contributed by atoms with Crippen LogP contribution in [0, 0.1) is 0 Å². The van der Waals surface area contributed by atoms with E-state index in [2.05, 4.69) is 10.2 Å². The molecule has 0 bridgehead atoms. The van der Waals surface area contributed by atoms with Crippen LogP contribution in [0.3, 0.4) is 0 Å². The zero-order chi connectivity index (χ0) is 24.6. The van der Waals surface area contributed by atoms with Gasteiger partial charge in [-0.25, -0.2) is 4.79 Å². The first-order chi connectivity index (χ1) is 17.0. The van der Waals surface area contributed by atoms with Crippen molar-refractivity contribution in [3.63, 3.8) is 0 Å². The number of carbonyl (C=O) groups excluding carboxylic acids is 1. The van der Waals surface area contributed by atoms with E-state index in [-0.39, 0.29) is 11.9 Å². The second-order valence-corrected chi connectivity index (χ2v) is 9.24. The molecular weight excluding hydrogens is 446 g/mol. The summed E-state index contributed by atoms with van der Waals surface area (Å²) in [6, 6.07) is 15.4. The first-order valence-electron chi connectivity index (χ1n) is 12.4. The van der Waals surface area contributed by atoms with Crippen LogP contribution in [0.25, 0.3) is 0 Å². The highest BCUT2D eigenvalue weighted by Gasteiger charge is 2.31. The van der Waals surface area contributed by atoms with E-state index in [1.54, 1.807) is 31.4 Å². The maximum Gasteiger partial charge on any atom is 0.341 e. The van der Waals surface area contributed by atoms with Gasteiger partial charge in [-0.3, -0.25) is 4.79 Å². The number of ether oxygens (including phenoxy) is 2. The molecule has 2 aromatic carbocycles. The van der Waals surface area contributed by atoms with Gasteiger partial charge in [-0.1, -0.05) is 12.1 Å². The van der Waals surface area contributed by atoms with Crippen LogP contribution in [0.4, 0.5) is 0 Å². The molecule has 2 saturated heterocycles. The predicted octanol–water partition coefficient (Wildman–Crippen LogP) is 3.02. The normalized spacial score (nSPS) is 17.6. The van der Waals surface area contributed by atoms with E-state index < -0.39 is 12.6 Å². The summed E-state index contributed by atoms with van der Waals surface area (Å²) in [6.45, 7) is 4.29. The lowest BCUT2D eigenvalue weighted by atomic mass is 9.96. The minimum atomic E-state index is -1.04. The van der Waals surface area contributed by atoms with Crippen LogP contribution in [-0.4, -0.2) is 78.8 Å². The molecule has 1 amide bonds. The Balaban J connectivity index is 1.47. The van der Waals surface area contributed by atoms with Crippen LogP contribution in [0.5, 0.6) is 11.5 Å². The van der Waals surface area contributed by atoms with E-state index in [9.17, 15) is 9.59 Å². The number of piperidine rings is 2. The zero-order valence-corrected chi connectivity index (χ0v) is 20.3. The van der Waals surface area contributed by atoms with Crippen molar-refractivity contribution >= 4 is 11.9 Å². The van der Waals surface area contributed by atoms with Crippen LogP contribution in [0.2, 0.25) is 0 Å². The van der Waals surface area contributed by atoms with Crippen molar-refractivity contribution in [2.24, 2.45) is 0 Å². The first kappa shape index (κ1) is 25.0. The van der Waals surface area contributed by atoms with Crippen LogP contribution in [0.15, 0.2) is 48.5 Å². The summed E-state index contributed by atoms with van der Waals surface area (Å²) < 4.78 is 10.5.